The number of rotatable bonds is 5. The lowest BCUT2D eigenvalue weighted by atomic mass is 10.1. The maximum Gasteiger partial charge on any atom is 0.251 e. The summed E-state index contributed by atoms with van der Waals surface area (Å²) in [5, 5.41) is 3.01. The van der Waals surface area contributed by atoms with E-state index in [-0.39, 0.29) is 11.9 Å². The second-order valence-corrected chi connectivity index (χ2v) is 5.80. The van der Waals surface area contributed by atoms with Gasteiger partial charge in [0, 0.05) is 17.1 Å². The number of hydrogen-bond acceptors (Lipinski definition) is 2. The van der Waals surface area contributed by atoms with Crippen molar-refractivity contribution in [3.63, 3.8) is 0 Å². The summed E-state index contributed by atoms with van der Waals surface area (Å²) in [5.74, 6) is -0.0829. The number of carbonyl (C=O) groups excluding carboxylic acids is 1. The molecule has 1 amide bonds. The Balaban J connectivity index is 2.08. The summed E-state index contributed by atoms with van der Waals surface area (Å²) in [5.41, 5.74) is 2.69. The zero-order valence-electron chi connectivity index (χ0n) is 12.1. The Labute approximate surface area is 133 Å². The van der Waals surface area contributed by atoms with Crippen LogP contribution in [-0.4, -0.2) is 13.0 Å². The number of nitrogens with one attached hydrogen (secondary N) is 1. The number of hydrogen-bond donors (Lipinski definition) is 1. The molecular weight excluding hydrogens is 330 g/mol. The van der Waals surface area contributed by atoms with Crippen molar-refractivity contribution in [3.05, 3.63) is 69.7 Å². The van der Waals surface area contributed by atoms with E-state index in [0.29, 0.717) is 12.2 Å². The second-order valence-electron chi connectivity index (χ2n) is 4.88. The fourth-order valence-electron chi connectivity index (χ4n) is 2.11. The van der Waals surface area contributed by atoms with E-state index < -0.39 is 0 Å². The first kappa shape index (κ1) is 15.7. The van der Waals surface area contributed by atoms with Crippen LogP contribution in [0.1, 0.15) is 34.5 Å². The van der Waals surface area contributed by atoms with Crippen LogP contribution in [0.4, 0.5) is 0 Å². The van der Waals surface area contributed by atoms with Gasteiger partial charge in [0.25, 0.3) is 5.91 Å². The van der Waals surface area contributed by atoms with Crippen molar-refractivity contribution in [1.82, 2.24) is 5.32 Å². The molecule has 110 valence electrons. The Morgan fingerprint density at radius 2 is 2.00 bits per heavy atom. The average molecular weight is 348 g/mol. The third-order valence-corrected chi connectivity index (χ3v) is 3.69. The van der Waals surface area contributed by atoms with Gasteiger partial charge in [-0.2, -0.15) is 0 Å². The van der Waals surface area contributed by atoms with Gasteiger partial charge in [0.2, 0.25) is 0 Å². The van der Waals surface area contributed by atoms with E-state index in [1.807, 2.05) is 55.5 Å². The number of halogens is 1. The van der Waals surface area contributed by atoms with Crippen molar-refractivity contribution >= 4 is 21.8 Å². The minimum atomic E-state index is -0.0829. The van der Waals surface area contributed by atoms with E-state index >= 15 is 0 Å². The van der Waals surface area contributed by atoms with Crippen molar-refractivity contribution in [2.75, 3.05) is 7.11 Å². The Bertz CT molecular complexity index is 628. The molecule has 0 radical (unpaired) electrons. The molecule has 2 rings (SSSR count). The second kappa shape index (κ2) is 7.38. The highest BCUT2D eigenvalue weighted by Crippen LogP contribution is 2.18. The maximum absolute atomic E-state index is 12.3. The van der Waals surface area contributed by atoms with E-state index in [2.05, 4.69) is 21.2 Å². The first-order chi connectivity index (χ1) is 10.1. The number of ether oxygens (including phenoxy) is 1. The Morgan fingerprint density at radius 1 is 1.24 bits per heavy atom. The van der Waals surface area contributed by atoms with E-state index in [1.165, 1.54) is 0 Å². The number of amides is 1. The fourth-order valence-corrected chi connectivity index (χ4v) is 2.53. The van der Waals surface area contributed by atoms with Crippen molar-refractivity contribution in [1.29, 1.82) is 0 Å². The maximum atomic E-state index is 12.3. The third kappa shape index (κ3) is 4.41. The van der Waals surface area contributed by atoms with Gasteiger partial charge in [0.15, 0.2) is 0 Å². The van der Waals surface area contributed by atoms with Crippen LogP contribution in [0.2, 0.25) is 0 Å². The highest BCUT2D eigenvalue weighted by molar-refractivity contribution is 9.10. The van der Waals surface area contributed by atoms with Gasteiger partial charge in [0.1, 0.15) is 0 Å². The molecule has 1 N–H and O–H groups in total. The fraction of sp³-hybridized carbons (Fsp3) is 0.235. The molecule has 0 bridgehead atoms. The van der Waals surface area contributed by atoms with Crippen LogP contribution in [0.25, 0.3) is 0 Å². The van der Waals surface area contributed by atoms with E-state index in [1.54, 1.807) is 7.11 Å². The summed E-state index contributed by atoms with van der Waals surface area (Å²) in [4.78, 5) is 12.3. The summed E-state index contributed by atoms with van der Waals surface area (Å²) < 4.78 is 6.09. The quantitative estimate of drug-likeness (QED) is 0.884. The lowest BCUT2D eigenvalue weighted by Crippen LogP contribution is -2.26. The normalized spacial score (nSPS) is 12.0. The molecule has 0 aliphatic carbocycles. The molecule has 2 aromatic rings. The molecule has 0 spiro atoms. The van der Waals surface area contributed by atoms with E-state index in [0.717, 1.165) is 15.6 Å². The Morgan fingerprint density at radius 3 is 2.71 bits per heavy atom. The molecule has 1 unspecified atom stereocenters. The van der Waals surface area contributed by atoms with Crippen LogP contribution in [0.3, 0.4) is 0 Å². The minimum absolute atomic E-state index is 0.0546. The first-order valence-corrected chi connectivity index (χ1v) is 7.53. The minimum Gasteiger partial charge on any atom is -0.380 e. The molecule has 0 saturated heterocycles. The molecular formula is C17H18BrNO2. The monoisotopic (exact) mass is 347 g/mol. The average Bonchev–Trinajstić information content (AvgIpc) is 2.48. The molecule has 0 aliphatic rings. The lowest BCUT2D eigenvalue weighted by molar-refractivity contribution is 0.0939. The molecule has 0 aromatic heterocycles. The standard InChI is InChI=1S/C17H18BrNO2/c1-12(14-6-4-8-16(18)10-14)19-17(20)15-7-3-5-13(9-15)11-21-2/h3-10,12H,11H2,1-2H3,(H,19,20). The number of carbonyl (C=O) groups is 1. The van der Waals surface area contributed by atoms with Crippen LogP contribution in [-0.2, 0) is 11.3 Å². The molecule has 0 fully saturated rings. The molecule has 2 aromatic carbocycles. The van der Waals surface area contributed by atoms with Gasteiger partial charge in [-0.05, 0) is 42.3 Å². The van der Waals surface area contributed by atoms with Crippen molar-refractivity contribution < 1.29 is 9.53 Å². The molecule has 1 atom stereocenters. The summed E-state index contributed by atoms with van der Waals surface area (Å²) in [7, 11) is 1.64. The van der Waals surface area contributed by atoms with Crippen LogP contribution in [0, 0.1) is 0 Å². The van der Waals surface area contributed by atoms with Gasteiger partial charge >= 0.3 is 0 Å². The molecule has 21 heavy (non-hydrogen) atoms. The zero-order valence-corrected chi connectivity index (χ0v) is 13.7. The van der Waals surface area contributed by atoms with E-state index in [9.17, 15) is 4.79 Å². The van der Waals surface area contributed by atoms with Gasteiger partial charge < -0.3 is 10.1 Å². The van der Waals surface area contributed by atoms with Crippen molar-refractivity contribution in [3.8, 4) is 0 Å². The van der Waals surface area contributed by atoms with Crippen LogP contribution < -0.4 is 5.32 Å². The highest BCUT2D eigenvalue weighted by Gasteiger charge is 2.12. The number of methoxy groups -OCH3 is 1. The van der Waals surface area contributed by atoms with Crippen molar-refractivity contribution in [2.45, 2.75) is 19.6 Å². The SMILES string of the molecule is COCc1cccc(C(=O)NC(C)c2cccc(Br)c2)c1. The summed E-state index contributed by atoms with van der Waals surface area (Å²) in [6, 6.07) is 15.3. The summed E-state index contributed by atoms with van der Waals surface area (Å²) in [6.45, 7) is 2.47. The van der Waals surface area contributed by atoms with Crippen molar-refractivity contribution in [2.24, 2.45) is 0 Å². The van der Waals surface area contributed by atoms with Gasteiger partial charge in [-0.3, -0.25) is 4.79 Å². The Hall–Kier alpha value is -1.65. The van der Waals surface area contributed by atoms with Crippen LogP contribution in [0.15, 0.2) is 53.0 Å². The van der Waals surface area contributed by atoms with Gasteiger partial charge in [0.05, 0.1) is 12.6 Å². The molecule has 4 heteroatoms. The molecule has 0 aliphatic heterocycles. The van der Waals surface area contributed by atoms with E-state index in [4.69, 9.17) is 4.74 Å². The smallest absolute Gasteiger partial charge is 0.251 e. The van der Waals surface area contributed by atoms with Crippen LogP contribution >= 0.6 is 15.9 Å². The van der Waals surface area contributed by atoms with Crippen LogP contribution in [0.5, 0.6) is 0 Å². The topological polar surface area (TPSA) is 38.3 Å². The third-order valence-electron chi connectivity index (χ3n) is 3.20. The van der Waals surface area contributed by atoms with Gasteiger partial charge in [-0.25, -0.2) is 0 Å². The summed E-state index contributed by atoms with van der Waals surface area (Å²) in [6.07, 6.45) is 0. The highest BCUT2D eigenvalue weighted by atomic mass is 79.9. The first-order valence-electron chi connectivity index (χ1n) is 6.74. The van der Waals surface area contributed by atoms with Gasteiger partial charge in [-0.1, -0.05) is 40.2 Å². The zero-order chi connectivity index (χ0) is 15.2. The number of benzene rings is 2. The molecule has 0 heterocycles. The Kier molecular flexibility index (Phi) is 5.53. The summed E-state index contributed by atoms with van der Waals surface area (Å²) >= 11 is 3.44. The predicted molar refractivity (Wildman–Crippen MR) is 87.2 cm³/mol. The molecule has 3 nitrogen and oxygen atoms in total. The largest absolute Gasteiger partial charge is 0.380 e. The van der Waals surface area contributed by atoms with Gasteiger partial charge in [-0.15, -0.1) is 0 Å². The molecule has 0 saturated carbocycles. The predicted octanol–water partition coefficient (Wildman–Crippen LogP) is 4.09. The lowest BCUT2D eigenvalue weighted by Gasteiger charge is -2.15.